The molecule has 8 heteroatoms. The average molecular weight is 323 g/mol. The molecule has 6 nitrogen and oxygen atoms in total. The molecule has 0 radical (unpaired) electrons. The van der Waals surface area contributed by atoms with Gasteiger partial charge in [0.15, 0.2) is 11.5 Å². The highest BCUT2D eigenvalue weighted by Gasteiger charge is 2.37. The van der Waals surface area contributed by atoms with E-state index in [1.165, 1.54) is 23.1 Å². The maximum Gasteiger partial charge on any atom is 0.240 e. The normalized spacial score (nSPS) is 18.1. The van der Waals surface area contributed by atoms with E-state index in [4.69, 9.17) is 9.47 Å². The summed E-state index contributed by atoms with van der Waals surface area (Å²) in [7, 11) is 3.19. The topological polar surface area (TPSA) is 64.5 Å². The van der Waals surface area contributed by atoms with Gasteiger partial charge >= 0.3 is 0 Å². The monoisotopic (exact) mass is 323 g/mol. The van der Waals surface area contributed by atoms with Crippen LogP contribution in [0.5, 0.6) is 11.5 Å². The lowest BCUT2D eigenvalue weighted by atomic mass is 10.1. The van der Waals surface area contributed by atoms with Crippen molar-refractivity contribution in [2.24, 2.45) is 0 Å². The fraction of sp³-hybridized carbons (Fsp3) is 0.308. The maximum absolute atomic E-state index is 12.2. The molecule has 0 aliphatic carbocycles. The second kappa shape index (κ2) is 5.90. The molecule has 1 fully saturated rings. The lowest BCUT2D eigenvalue weighted by molar-refractivity contribution is -0.115. The molecule has 1 aliphatic heterocycles. The van der Waals surface area contributed by atoms with Gasteiger partial charge < -0.3 is 9.47 Å². The highest BCUT2D eigenvalue weighted by molar-refractivity contribution is 8.00. The zero-order chi connectivity index (χ0) is 14.8. The Kier molecular flexibility index (Phi) is 3.98. The van der Waals surface area contributed by atoms with Crippen LogP contribution < -0.4 is 14.4 Å². The molecule has 2 aromatic rings. The summed E-state index contributed by atoms with van der Waals surface area (Å²) in [5.74, 6) is 1.71. The SMILES string of the molecule is COc1cccc([C@H]2SCC(=O)N2c2nncs2)c1OC. The predicted octanol–water partition coefficient (Wildman–Crippen LogP) is 2.33. The molecule has 1 aliphatic rings. The summed E-state index contributed by atoms with van der Waals surface area (Å²) >= 11 is 2.88. The fourth-order valence-corrected chi connectivity index (χ4v) is 4.08. The minimum absolute atomic E-state index is 0.0200. The minimum atomic E-state index is -0.185. The lowest BCUT2D eigenvalue weighted by Crippen LogP contribution is -2.28. The van der Waals surface area contributed by atoms with Crippen molar-refractivity contribution in [2.75, 3.05) is 24.9 Å². The van der Waals surface area contributed by atoms with Crippen molar-refractivity contribution >= 4 is 34.1 Å². The van der Waals surface area contributed by atoms with E-state index in [9.17, 15) is 4.79 Å². The fourth-order valence-electron chi connectivity index (χ4n) is 2.24. The molecule has 1 saturated heterocycles. The number of carbonyl (C=O) groups excluding carboxylic acids is 1. The van der Waals surface area contributed by atoms with Gasteiger partial charge in [0.2, 0.25) is 11.0 Å². The van der Waals surface area contributed by atoms with Gasteiger partial charge in [-0.3, -0.25) is 9.69 Å². The number of carbonyl (C=O) groups is 1. The van der Waals surface area contributed by atoms with Gasteiger partial charge in [0.1, 0.15) is 10.9 Å². The van der Waals surface area contributed by atoms with E-state index in [0.717, 1.165) is 5.56 Å². The summed E-state index contributed by atoms with van der Waals surface area (Å²) in [6.07, 6.45) is 0. The number of benzene rings is 1. The van der Waals surface area contributed by atoms with Crippen LogP contribution in [0.3, 0.4) is 0 Å². The van der Waals surface area contributed by atoms with Gasteiger partial charge in [-0.25, -0.2) is 0 Å². The Morgan fingerprint density at radius 3 is 2.86 bits per heavy atom. The third-order valence-corrected chi connectivity index (χ3v) is 5.00. The van der Waals surface area contributed by atoms with Crippen molar-refractivity contribution in [1.82, 2.24) is 10.2 Å². The molecule has 21 heavy (non-hydrogen) atoms. The minimum Gasteiger partial charge on any atom is -0.493 e. The van der Waals surface area contributed by atoms with Gasteiger partial charge in [-0.15, -0.1) is 22.0 Å². The Morgan fingerprint density at radius 2 is 2.19 bits per heavy atom. The molecule has 110 valence electrons. The second-order valence-corrected chi connectivity index (χ2v) is 6.11. The Labute approximate surface area is 130 Å². The summed E-state index contributed by atoms with van der Waals surface area (Å²) in [5.41, 5.74) is 2.51. The highest BCUT2D eigenvalue weighted by Crippen LogP contribution is 2.47. The molecule has 0 unspecified atom stereocenters. The van der Waals surface area contributed by atoms with Crippen LogP contribution in [0, 0.1) is 0 Å². The molecular formula is C13H13N3O3S2. The van der Waals surface area contributed by atoms with Crippen molar-refractivity contribution in [3.63, 3.8) is 0 Å². The smallest absolute Gasteiger partial charge is 0.240 e. The number of nitrogens with zero attached hydrogens (tertiary/aromatic N) is 3. The summed E-state index contributed by atoms with van der Waals surface area (Å²) < 4.78 is 10.8. The number of ether oxygens (including phenoxy) is 2. The van der Waals surface area contributed by atoms with E-state index in [1.807, 2.05) is 18.2 Å². The van der Waals surface area contributed by atoms with Crippen LogP contribution in [0.1, 0.15) is 10.9 Å². The van der Waals surface area contributed by atoms with Crippen LogP contribution in [0.25, 0.3) is 0 Å². The first-order valence-electron chi connectivity index (χ1n) is 6.17. The van der Waals surface area contributed by atoms with Crippen LogP contribution >= 0.6 is 23.1 Å². The number of rotatable bonds is 4. The van der Waals surface area contributed by atoms with Crippen LogP contribution in [0.15, 0.2) is 23.7 Å². The van der Waals surface area contributed by atoms with E-state index in [2.05, 4.69) is 10.2 Å². The standard InChI is InChI=1S/C13H13N3O3S2/c1-18-9-5-3-4-8(11(9)19-2)12-16(10(17)6-20-12)13-15-14-7-21-13/h3-5,7,12H,6H2,1-2H3/t12-/m1/s1. The molecule has 0 bridgehead atoms. The number of hydrogen-bond donors (Lipinski definition) is 0. The van der Waals surface area contributed by atoms with E-state index in [-0.39, 0.29) is 11.3 Å². The molecule has 1 aromatic carbocycles. The van der Waals surface area contributed by atoms with Gasteiger partial charge in [-0.2, -0.15) is 0 Å². The molecule has 0 N–H and O–H groups in total. The molecule has 0 saturated carbocycles. The van der Waals surface area contributed by atoms with E-state index < -0.39 is 0 Å². The summed E-state index contributed by atoms with van der Waals surface area (Å²) in [6, 6.07) is 5.66. The van der Waals surface area contributed by atoms with Crippen molar-refractivity contribution in [3.05, 3.63) is 29.3 Å². The molecule has 1 atom stereocenters. The highest BCUT2D eigenvalue weighted by atomic mass is 32.2. The van der Waals surface area contributed by atoms with Crippen LogP contribution in [-0.2, 0) is 4.79 Å². The predicted molar refractivity (Wildman–Crippen MR) is 82.1 cm³/mol. The number of methoxy groups -OCH3 is 2. The number of aromatic nitrogens is 2. The Balaban J connectivity index is 2.05. The summed E-state index contributed by atoms with van der Waals surface area (Å²) in [6.45, 7) is 0. The first-order chi connectivity index (χ1) is 10.3. The maximum atomic E-state index is 12.2. The Hall–Kier alpha value is -1.80. The number of anilines is 1. The van der Waals surface area contributed by atoms with E-state index in [0.29, 0.717) is 22.4 Å². The molecule has 2 heterocycles. The van der Waals surface area contributed by atoms with Crippen LogP contribution in [0.2, 0.25) is 0 Å². The first-order valence-corrected chi connectivity index (χ1v) is 8.09. The van der Waals surface area contributed by atoms with Crippen molar-refractivity contribution in [2.45, 2.75) is 5.37 Å². The van der Waals surface area contributed by atoms with Crippen LogP contribution in [0.4, 0.5) is 5.13 Å². The van der Waals surface area contributed by atoms with E-state index >= 15 is 0 Å². The molecular weight excluding hydrogens is 310 g/mol. The number of hydrogen-bond acceptors (Lipinski definition) is 7. The summed E-state index contributed by atoms with van der Waals surface area (Å²) in [5, 5.41) is 8.24. The van der Waals surface area contributed by atoms with Gasteiger partial charge in [-0.1, -0.05) is 23.5 Å². The average Bonchev–Trinajstić information content (AvgIpc) is 3.15. The lowest BCUT2D eigenvalue weighted by Gasteiger charge is -2.23. The zero-order valence-corrected chi connectivity index (χ0v) is 13.1. The third-order valence-electron chi connectivity index (χ3n) is 3.12. The third kappa shape index (κ3) is 2.44. The van der Waals surface area contributed by atoms with E-state index in [1.54, 1.807) is 24.6 Å². The molecule has 1 aromatic heterocycles. The Morgan fingerprint density at radius 1 is 1.33 bits per heavy atom. The Bertz CT molecular complexity index is 648. The second-order valence-electron chi connectivity index (χ2n) is 4.23. The first kappa shape index (κ1) is 14.2. The molecule has 1 amide bonds. The van der Waals surface area contributed by atoms with Crippen molar-refractivity contribution in [3.8, 4) is 11.5 Å². The number of amides is 1. The van der Waals surface area contributed by atoms with Gasteiger partial charge in [-0.05, 0) is 6.07 Å². The van der Waals surface area contributed by atoms with Crippen molar-refractivity contribution < 1.29 is 14.3 Å². The number of para-hydroxylation sites is 1. The van der Waals surface area contributed by atoms with Crippen molar-refractivity contribution in [1.29, 1.82) is 0 Å². The largest absolute Gasteiger partial charge is 0.493 e. The number of thioether (sulfide) groups is 1. The van der Waals surface area contributed by atoms with Gasteiger partial charge in [0, 0.05) is 5.56 Å². The van der Waals surface area contributed by atoms with Gasteiger partial charge in [0.25, 0.3) is 0 Å². The van der Waals surface area contributed by atoms with Gasteiger partial charge in [0.05, 0.1) is 20.0 Å². The molecule has 0 spiro atoms. The summed E-state index contributed by atoms with van der Waals surface area (Å²) in [4.78, 5) is 13.8. The quantitative estimate of drug-likeness (QED) is 0.860. The van der Waals surface area contributed by atoms with Crippen LogP contribution in [-0.4, -0.2) is 36.1 Å². The molecule has 3 rings (SSSR count). The zero-order valence-electron chi connectivity index (χ0n) is 11.5.